The van der Waals surface area contributed by atoms with Gasteiger partial charge in [0.2, 0.25) is 11.1 Å². The van der Waals surface area contributed by atoms with Gasteiger partial charge in [0.05, 0.1) is 0 Å². The molecule has 1 N–H and O–H groups in total. The van der Waals surface area contributed by atoms with Crippen molar-refractivity contribution in [1.82, 2.24) is 14.8 Å². The third kappa shape index (κ3) is 6.02. The number of carbonyl (C=O) groups excluding carboxylic acids is 1. The van der Waals surface area contributed by atoms with E-state index in [1.165, 1.54) is 11.1 Å². The van der Waals surface area contributed by atoms with E-state index in [4.69, 9.17) is 14.8 Å². The predicted octanol–water partition coefficient (Wildman–Crippen LogP) is 8.11. The van der Waals surface area contributed by atoms with Crippen LogP contribution in [0.3, 0.4) is 0 Å². The van der Waals surface area contributed by atoms with Crippen LogP contribution in [-0.4, -0.2) is 20.5 Å². The fourth-order valence-corrected chi connectivity index (χ4v) is 6.48. The zero-order valence-corrected chi connectivity index (χ0v) is 25.8. The molecule has 0 fully saturated rings. The van der Waals surface area contributed by atoms with Gasteiger partial charge < -0.3 is 10.1 Å². The van der Waals surface area contributed by atoms with E-state index in [0.717, 1.165) is 40.3 Å². The Morgan fingerprint density at radius 1 is 0.952 bits per heavy atom. The van der Waals surface area contributed by atoms with Crippen LogP contribution in [0.25, 0.3) is 0 Å². The fourth-order valence-electron chi connectivity index (χ4n) is 5.69. The van der Waals surface area contributed by atoms with Crippen molar-refractivity contribution in [1.29, 1.82) is 0 Å². The maximum absolute atomic E-state index is 13.6. The Morgan fingerprint density at radius 3 is 2.36 bits per heavy atom. The zero-order chi connectivity index (χ0) is 29.5. The topological polar surface area (TPSA) is 69.0 Å². The number of hydrogen-bond donors (Lipinski definition) is 1. The molecule has 2 aliphatic rings. The molecule has 1 unspecified atom stereocenters. The first kappa shape index (κ1) is 28.3. The molecule has 0 amide bonds. The Morgan fingerprint density at radius 2 is 1.67 bits per heavy atom. The number of benzene rings is 3. The van der Waals surface area contributed by atoms with E-state index in [9.17, 15) is 4.79 Å². The standard InChI is InChI=1S/C35H38N4O2S/c1-34(2,3)26-15-11-23(12-16-26)21-41-27-17-13-25(14-18-27)31-30-28(19-35(4,5)20-29(30)40)36-32-37-33(38-39(31)32)42-22-24-9-7-6-8-10-24/h6-18,31H,19-22H2,1-5H3,(H,36,37,38). The molecule has 1 aliphatic heterocycles. The third-order valence-electron chi connectivity index (χ3n) is 7.94. The number of nitrogens with zero attached hydrogens (tertiary/aromatic N) is 3. The summed E-state index contributed by atoms with van der Waals surface area (Å²) in [5, 5.41) is 9.06. The number of nitrogens with one attached hydrogen (secondary N) is 1. The first-order valence-electron chi connectivity index (χ1n) is 14.5. The van der Waals surface area contributed by atoms with Crippen LogP contribution in [-0.2, 0) is 22.6 Å². The SMILES string of the molecule is CC1(C)CC(=O)C2=C(C1)Nc1nc(SCc3ccccc3)nn1C2c1ccc(OCc2ccc(C(C)(C)C)cc2)cc1. The molecule has 0 bridgehead atoms. The summed E-state index contributed by atoms with van der Waals surface area (Å²) >= 11 is 1.60. The lowest BCUT2D eigenvalue weighted by Crippen LogP contribution is -2.36. The molecule has 6 nitrogen and oxygen atoms in total. The number of thioether (sulfide) groups is 1. The number of aromatic nitrogens is 3. The normalized spacial score (nSPS) is 17.8. The van der Waals surface area contributed by atoms with Crippen molar-refractivity contribution in [3.63, 3.8) is 0 Å². The maximum atomic E-state index is 13.6. The Labute approximate surface area is 252 Å². The van der Waals surface area contributed by atoms with E-state index < -0.39 is 0 Å². The second-order valence-electron chi connectivity index (χ2n) is 13.1. The summed E-state index contributed by atoms with van der Waals surface area (Å²) in [5.41, 5.74) is 6.41. The molecule has 1 aliphatic carbocycles. The lowest BCUT2D eigenvalue weighted by Gasteiger charge is -2.38. The molecule has 6 rings (SSSR count). The summed E-state index contributed by atoms with van der Waals surface area (Å²) in [4.78, 5) is 18.4. The van der Waals surface area contributed by atoms with Crippen molar-refractivity contribution < 1.29 is 9.53 Å². The van der Waals surface area contributed by atoms with E-state index in [1.807, 2.05) is 47.1 Å². The fraction of sp³-hybridized carbons (Fsp3) is 0.343. The van der Waals surface area contributed by atoms with Gasteiger partial charge in [-0.2, -0.15) is 4.98 Å². The predicted molar refractivity (Wildman–Crippen MR) is 169 cm³/mol. The summed E-state index contributed by atoms with van der Waals surface area (Å²) in [6.07, 6.45) is 1.30. The second kappa shape index (κ2) is 11.1. The molecular formula is C35H38N4O2S. The van der Waals surface area contributed by atoms with Crippen LogP contribution in [0.1, 0.15) is 75.8 Å². The van der Waals surface area contributed by atoms with Crippen LogP contribution >= 0.6 is 11.8 Å². The van der Waals surface area contributed by atoms with E-state index in [1.54, 1.807) is 11.8 Å². The highest BCUT2D eigenvalue weighted by atomic mass is 32.2. The van der Waals surface area contributed by atoms with Crippen molar-refractivity contribution in [2.45, 2.75) is 76.4 Å². The molecular weight excluding hydrogens is 540 g/mol. The minimum Gasteiger partial charge on any atom is -0.489 e. The Bertz CT molecular complexity index is 1610. The van der Waals surface area contributed by atoms with Gasteiger partial charge in [-0.15, -0.1) is 5.10 Å². The molecule has 0 saturated heterocycles. The van der Waals surface area contributed by atoms with Gasteiger partial charge >= 0.3 is 0 Å². The minimum atomic E-state index is -0.336. The lowest BCUT2D eigenvalue weighted by atomic mass is 9.73. The highest BCUT2D eigenvalue weighted by Gasteiger charge is 2.41. The number of fused-ring (bicyclic) bond motifs is 1. The van der Waals surface area contributed by atoms with Gasteiger partial charge in [-0.05, 0) is 51.6 Å². The van der Waals surface area contributed by atoms with Crippen molar-refractivity contribution in [3.05, 3.63) is 112 Å². The molecule has 3 aromatic carbocycles. The van der Waals surface area contributed by atoms with E-state index >= 15 is 0 Å². The average molecular weight is 579 g/mol. The van der Waals surface area contributed by atoms with Gasteiger partial charge in [-0.1, -0.05) is 113 Å². The number of ketones is 1. The Hall–Kier alpha value is -3.84. The van der Waals surface area contributed by atoms with E-state index in [2.05, 4.69) is 76.3 Å². The van der Waals surface area contributed by atoms with Gasteiger partial charge in [-0.3, -0.25) is 4.79 Å². The number of Topliss-reactive ketones (excluding diaryl/α,β-unsaturated/α-hetero) is 1. The van der Waals surface area contributed by atoms with Crippen molar-refractivity contribution in [3.8, 4) is 5.75 Å². The van der Waals surface area contributed by atoms with E-state index in [0.29, 0.717) is 24.1 Å². The lowest BCUT2D eigenvalue weighted by molar-refractivity contribution is -0.118. The smallest absolute Gasteiger partial charge is 0.227 e. The first-order valence-corrected chi connectivity index (χ1v) is 15.5. The van der Waals surface area contributed by atoms with Crippen LogP contribution in [0.15, 0.2) is 95.3 Å². The van der Waals surface area contributed by atoms with Gasteiger partial charge in [0, 0.05) is 23.4 Å². The number of allylic oxidation sites excluding steroid dienone is 2. The van der Waals surface area contributed by atoms with Gasteiger partial charge in [-0.25, -0.2) is 4.68 Å². The molecule has 1 atom stereocenters. The highest BCUT2D eigenvalue weighted by Crippen LogP contribution is 2.46. The van der Waals surface area contributed by atoms with Crippen molar-refractivity contribution in [2.75, 3.05) is 5.32 Å². The monoisotopic (exact) mass is 578 g/mol. The van der Waals surface area contributed by atoms with Crippen LogP contribution in [0, 0.1) is 5.41 Å². The molecule has 0 saturated carbocycles. The molecule has 0 spiro atoms. The van der Waals surface area contributed by atoms with Gasteiger partial charge in [0.1, 0.15) is 18.4 Å². The Balaban J connectivity index is 1.25. The largest absolute Gasteiger partial charge is 0.489 e. The van der Waals surface area contributed by atoms with Crippen molar-refractivity contribution >= 4 is 23.5 Å². The van der Waals surface area contributed by atoms with Crippen LogP contribution in [0.4, 0.5) is 5.95 Å². The van der Waals surface area contributed by atoms with Crippen LogP contribution in [0.5, 0.6) is 5.75 Å². The number of anilines is 1. The number of carbonyl (C=O) groups is 1. The molecule has 216 valence electrons. The molecule has 1 aromatic heterocycles. The van der Waals surface area contributed by atoms with E-state index in [-0.39, 0.29) is 22.7 Å². The van der Waals surface area contributed by atoms with Crippen molar-refractivity contribution in [2.24, 2.45) is 5.41 Å². The van der Waals surface area contributed by atoms with Crippen LogP contribution in [0.2, 0.25) is 0 Å². The number of rotatable bonds is 7. The number of ether oxygens (including phenoxy) is 1. The second-order valence-corrected chi connectivity index (χ2v) is 14.0. The molecule has 2 heterocycles. The number of hydrogen-bond acceptors (Lipinski definition) is 6. The summed E-state index contributed by atoms with van der Waals surface area (Å²) < 4.78 is 8.02. The van der Waals surface area contributed by atoms with Gasteiger partial charge in [0.15, 0.2) is 5.78 Å². The first-order chi connectivity index (χ1) is 20.1. The van der Waals surface area contributed by atoms with Crippen LogP contribution < -0.4 is 10.1 Å². The summed E-state index contributed by atoms with van der Waals surface area (Å²) in [7, 11) is 0. The Kier molecular flexibility index (Phi) is 7.48. The quantitative estimate of drug-likeness (QED) is 0.224. The highest BCUT2D eigenvalue weighted by molar-refractivity contribution is 7.98. The summed E-state index contributed by atoms with van der Waals surface area (Å²) in [6.45, 7) is 11.4. The third-order valence-corrected chi connectivity index (χ3v) is 8.85. The molecule has 0 radical (unpaired) electrons. The minimum absolute atomic E-state index is 0.108. The summed E-state index contributed by atoms with van der Waals surface area (Å²) in [5.74, 6) is 2.41. The zero-order valence-electron chi connectivity index (χ0n) is 25.0. The molecule has 42 heavy (non-hydrogen) atoms. The maximum Gasteiger partial charge on any atom is 0.227 e. The molecule has 4 aromatic rings. The molecule has 7 heteroatoms. The average Bonchev–Trinajstić information content (AvgIpc) is 3.36. The van der Waals surface area contributed by atoms with Gasteiger partial charge in [0.25, 0.3) is 0 Å². The summed E-state index contributed by atoms with van der Waals surface area (Å²) in [6, 6.07) is 26.7.